The molecule has 0 aliphatic rings. The molecule has 0 fully saturated rings. The van der Waals surface area contributed by atoms with Crippen LogP contribution in [0.25, 0.3) is 0 Å². The molecule has 0 spiro atoms. The van der Waals surface area contributed by atoms with Crippen LogP contribution in [-0.2, 0) is 4.79 Å². The van der Waals surface area contributed by atoms with Crippen molar-refractivity contribution in [1.82, 2.24) is 5.32 Å². The monoisotopic (exact) mass is 509 g/mol. The van der Waals surface area contributed by atoms with Gasteiger partial charge in [-0.1, -0.05) is 54.9 Å². The highest BCUT2D eigenvalue weighted by Crippen LogP contribution is 2.34. The lowest BCUT2D eigenvalue weighted by atomic mass is 10.2. The Balaban J connectivity index is 1.60. The third kappa shape index (κ3) is 8.64. The van der Waals surface area contributed by atoms with Crippen molar-refractivity contribution >= 4 is 46.6 Å². The van der Waals surface area contributed by atoms with Gasteiger partial charge in [-0.3, -0.25) is 9.59 Å². The third-order valence-corrected chi connectivity index (χ3v) is 6.72. The van der Waals surface area contributed by atoms with Crippen LogP contribution in [0.3, 0.4) is 0 Å². The van der Waals surface area contributed by atoms with Crippen LogP contribution in [0.5, 0.6) is 0 Å². The van der Waals surface area contributed by atoms with E-state index in [9.17, 15) is 9.59 Å². The number of hydrogen-bond donors (Lipinski definition) is 2. The van der Waals surface area contributed by atoms with Gasteiger partial charge in [-0.2, -0.15) is 0 Å². The first-order valence-corrected chi connectivity index (χ1v) is 13.1. The van der Waals surface area contributed by atoms with Crippen molar-refractivity contribution in [1.29, 1.82) is 0 Å². The number of carbonyl (C=O) groups excluding carboxylic acids is 2. The maximum Gasteiger partial charge on any atom is 0.251 e. The van der Waals surface area contributed by atoms with Gasteiger partial charge in [-0.05, 0) is 67.4 Å². The Labute approximate surface area is 217 Å². The number of nitrogens with zero attached hydrogens (tertiary/aromatic N) is 1. The standard InChI is InChI=1S/C28H32ClN3O2S/c1-3-4-18-32(24-9-6-5-7-10-24)19-8-17-30-28(34)22-11-16-27(26(20-22)31-21(2)33)35-25-14-12-23(29)13-15-25/h5-7,9-16,20H,3-4,8,17-19H2,1-2H3,(H,30,34)(H,31,33). The van der Waals surface area contributed by atoms with E-state index in [1.54, 1.807) is 12.1 Å². The van der Waals surface area contributed by atoms with Crippen molar-refractivity contribution < 1.29 is 9.59 Å². The van der Waals surface area contributed by atoms with Gasteiger partial charge in [0.05, 0.1) is 5.69 Å². The van der Waals surface area contributed by atoms with Crippen LogP contribution < -0.4 is 15.5 Å². The molecule has 3 rings (SSSR count). The van der Waals surface area contributed by atoms with Crippen molar-refractivity contribution in [2.24, 2.45) is 0 Å². The van der Waals surface area contributed by atoms with Gasteiger partial charge in [0.15, 0.2) is 0 Å². The van der Waals surface area contributed by atoms with E-state index in [1.165, 1.54) is 24.4 Å². The van der Waals surface area contributed by atoms with Crippen LogP contribution in [0.15, 0.2) is 82.6 Å². The molecule has 0 aliphatic carbocycles. The van der Waals surface area contributed by atoms with Gasteiger partial charge in [0, 0.05) is 52.6 Å². The zero-order valence-corrected chi connectivity index (χ0v) is 21.8. The SMILES string of the molecule is CCCCN(CCCNC(=O)c1ccc(Sc2ccc(Cl)cc2)c(NC(C)=O)c1)c1ccccc1. The first-order chi connectivity index (χ1) is 17.0. The second-order valence-electron chi connectivity index (χ2n) is 8.23. The summed E-state index contributed by atoms with van der Waals surface area (Å²) in [6.07, 6.45) is 3.12. The summed E-state index contributed by atoms with van der Waals surface area (Å²) in [7, 11) is 0. The number of rotatable bonds is 12. The highest BCUT2D eigenvalue weighted by molar-refractivity contribution is 7.99. The summed E-state index contributed by atoms with van der Waals surface area (Å²) < 4.78 is 0. The summed E-state index contributed by atoms with van der Waals surface area (Å²) in [5, 5.41) is 6.53. The summed E-state index contributed by atoms with van der Waals surface area (Å²) in [4.78, 5) is 28.8. The molecule has 35 heavy (non-hydrogen) atoms. The van der Waals surface area contributed by atoms with Crippen molar-refractivity contribution in [3.8, 4) is 0 Å². The van der Waals surface area contributed by atoms with Gasteiger partial charge >= 0.3 is 0 Å². The van der Waals surface area contributed by atoms with Crippen LogP contribution >= 0.6 is 23.4 Å². The normalized spacial score (nSPS) is 10.6. The number of para-hydroxylation sites is 1. The fourth-order valence-corrected chi connectivity index (χ4v) is 4.62. The Morgan fingerprint density at radius 2 is 1.66 bits per heavy atom. The van der Waals surface area contributed by atoms with E-state index in [1.807, 2.05) is 36.4 Å². The second-order valence-corrected chi connectivity index (χ2v) is 9.79. The number of hydrogen-bond acceptors (Lipinski definition) is 4. The molecule has 7 heteroatoms. The zero-order valence-electron chi connectivity index (χ0n) is 20.2. The van der Waals surface area contributed by atoms with E-state index in [0.29, 0.717) is 22.8 Å². The average molecular weight is 510 g/mol. The summed E-state index contributed by atoms with van der Waals surface area (Å²) in [5.74, 6) is -0.340. The summed E-state index contributed by atoms with van der Waals surface area (Å²) in [6, 6.07) is 23.3. The Bertz CT molecular complexity index is 1110. The van der Waals surface area contributed by atoms with E-state index in [4.69, 9.17) is 11.6 Å². The molecule has 0 radical (unpaired) electrons. The van der Waals surface area contributed by atoms with Gasteiger partial charge in [0.25, 0.3) is 5.91 Å². The predicted molar refractivity (Wildman–Crippen MR) is 147 cm³/mol. The van der Waals surface area contributed by atoms with E-state index < -0.39 is 0 Å². The van der Waals surface area contributed by atoms with Crippen LogP contribution in [0.4, 0.5) is 11.4 Å². The summed E-state index contributed by atoms with van der Waals surface area (Å²) in [5.41, 5.74) is 2.33. The Morgan fingerprint density at radius 3 is 2.34 bits per heavy atom. The molecule has 0 atom stereocenters. The van der Waals surface area contributed by atoms with Crippen molar-refractivity contribution in [3.63, 3.8) is 0 Å². The molecule has 0 unspecified atom stereocenters. The highest BCUT2D eigenvalue weighted by atomic mass is 35.5. The topological polar surface area (TPSA) is 61.4 Å². The number of carbonyl (C=O) groups is 2. The predicted octanol–water partition coefficient (Wildman–Crippen LogP) is 6.88. The molecule has 184 valence electrons. The Kier molecular flexibility index (Phi) is 10.5. The fraction of sp³-hybridized carbons (Fsp3) is 0.286. The summed E-state index contributed by atoms with van der Waals surface area (Å²) >= 11 is 7.48. The minimum Gasteiger partial charge on any atom is -0.371 e. The Hall–Kier alpha value is -2.96. The van der Waals surface area contributed by atoms with Crippen LogP contribution in [-0.4, -0.2) is 31.4 Å². The van der Waals surface area contributed by atoms with E-state index in [-0.39, 0.29) is 11.8 Å². The van der Waals surface area contributed by atoms with Gasteiger partial charge < -0.3 is 15.5 Å². The van der Waals surface area contributed by atoms with Crippen molar-refractivity contribution in [2.75, 3.05) is 29.9 Å². The minimum absolute atomic E-state index is 0.153. The molecule has 0 saturated carbocycles. The quantitative estimate of drug-likeness (QED) is 0.261. The molecule has 3 aromatic rings. The fourth-order valence-electron chi connectivity index (χ4n) is 3.61. The van der Waals surface area contributed by atoms with Gasteiger partial charge in [-0.15, -0.1) is 0 Å². The molecule has 0 heterocycles. The second kappa shape index (κ2) is 13.8. The van der Waals surface area contributed by atoms with E-state index >= 15 is 0 Å². The number of benzene rings is 3. The van der Waals surface area contributed by atoms with E-state index in [0.717, 1.165) is 42.1 Å². The number of halogens is 1. The number of nitrogens with one attached hydrogen (secondary N) is 2. The molecule has 0 aliphatic heterocycles. The van der Waals surface area contributed by atoms with Gasteiger partial charge in [0.2, 0.25) is 5.91 Å². The lowest BCUT2D eigenvalue weighted by Crippen LogP contribution is -2.30. The zero-order chi connectivity index (χ0) is 25.0. The largest absolute Gasteiger partial charge is 0.371 e. The molecule has 0 aromatic heterocycles. The Morgan fingerprint density at radius 1 is 0.943 bits per heavy atom. The maximum absolute atomic E-state index is 12.8. The maximum atomic E-state index is 12.8. The number of unbranched alkanes of at least 4 members (excludes halogenated alkanes) is 1. The smallest absolute Gasteiger partial charge is 0.251 e. The molecule has 0 bridgehead atoms. The molecular formula is C28H32ClN3O2S. The molecule has 0 saturated heterocycles. The lowest BCUT2D eigenvalue weighted by molar-refractivity contribution is -0.114. The molecule has 2 amide bonds. The van der Waals surface area contributed by atoms with Gasteiger partial charge in [0.1, 0.15) is 0 Å². The van der Waals surface area contributed by atoms with Crippen LogP contribution in [0, 0.1) is 0 Å². The van der Waals surface area contributed by atoms with Crippen LogP contribution in [0.2, 0.25) is 5.02 Å². The highest BCUT2D eigenvalue weighted by Gasteiger charge is 2.12. The molecule has 2 N–H and O–H groups in total. The number of anilines is 2. The lowest BCUT2D eigenvalue weighted by Gasteiger charge is -2.24. The molecule has 5 nitrogen and oxygen atoms in total. The minimum atomic E-state index is -0.186. The molecular weight excluding hydrogens is 478 g/mol. The van der Waals surface area contributed by atoms with Crippen LogP contribution in [0.1, 0.15) is 43.5 Å². The molecule has 3 aromatic carbocycles. The van der Waals surface area contributed by atoms with Crippen molar-refractivity contribution in [2.45, 2.75) is 42.9 Å². The first kappa shape index (κ1) is 26.6. The van der Waals surface area contributed by atoms with E-state index in [2.05, 4.69) is 46.7 Å². The van der Waals surface area contributed by atoms with Crippen molar-refractivity contribution in [3.05, 3.63) is 83.4 Å². The first-order valence-electron chi connectivity index (χ1n) is 11.9. The number of amides is 2. The average Bonchev–Trinajstić information content (AvgIpc) is 2.86. The van der Waals surface area contributed by atoms with Gasteiger partial charge in [-0.25, -0.2) is 0 Å². The summed E-state index contributed by atoms with van der Waals surface area (Å²) in [6.45, 7) is 6.10. The third-order valence-electron chi connectivity index (χ3n) is 5.39.